The van der Waals surface area contributed by atoms with Crippen molar-refractivity contribution in [2.24, 2.45) is 0 Å². The average Bonchev–Trinajstić information content (AvgIpc) is 3.30. The Morgan fingerprint density at radius 3 is 2.84 bits per heavy atom. The first-order valence-electron chi connectivity index (χ1n) is 10.5. The highest BCUT2D eigenvalue weighted by Gasteiger charge is 2.21. The van der Waals surface area contributed by atoms with Gasteiger partial charge in [-0.1, -0.05) is 11.6 Å². The Kier molecular flexibility index (Phi) is 7.06. The Bertz CT molecular complexity index is 899. The number of amides is 2. The van der Waals surface area contributed by atoms with Crippen LogP contribution < -0.4 is 25.6 Å². The van der Waals surface area contributed by atoms with Crippen LogP contribution in [0.3, 0.4) is 0 Å². The van der Waals surface area contributed by atoms with Gasteiger partial charge in [0.2, 0.25) is 0 Å². The number of nitrogens with one attached hydrogen (secondary N) is 3. The number of nitrogens with zero attached hydrogens (tertiary/aromatic N) is 3. The molecule has 2 aromatic rings. The third-order valence-electron chi connectivity index (χ3n) is 5.20. The standard InChI is InChI=1S/C21H27ClN6O3/c1-14-10-25-20(12-24-14)27-21(29)26-17-8-16(22)18(28-5-2-3-6-28)9-19(17)31-13-15-11-23-4-7-30-15/h8-10,12,15,23H,2-7,11,13H2,1H3,(H2,25,26,27,29). The number of ether oxygens (including phenoxy) is 2. The van der Waals surface area contributed by atoms with Gasteiger partial charge in [-0.3, -0.25) is 10.3 Å². The molecule has 3 N–H and O–H groups in total. The Morgan fingerprint density at radius 1 is 1.29 bits per heavy atom. The molecule has 0 spiro atoms. The highest BCUT2D eigenvalue weighted by Crippen LogP contribution is 2.38. The minimum Gasteiger partial charge on any atom is -0.489 e. The molecule has 1 atom stereocenters. The number of carbonyl (C=O) groups is 1. The molecule has 0 saturated carbocycles. The van der Waals surface area contributed by atoms with Crippen LogP contribution >= 0.6 is 11.6 Å². The number of aromatic nitrogens is 2. The fourth-order valence-electron chi connectivity index (χ4n) is 3.60. The predicted molar refractivity (Wildman–Crippen MR) is 120 cm³/mol. The topological polar surface area (TPSA) is 101 Å². The van der Waals surface area contributed by atoms with Crippen LogP contribution in [0.4, 0.5) is 22.0 Å². The molecule has 4 rings (SSSR count). The maximum Gasteiger partial charge on any atom is 0.325 e. The molecule has 31 heavy (non-hydrogen) atoms. The van der Waals surface area contributed by atoms with Gasteiger partial charge < -0.3 is 25.0 Å². The number of morpholine rings is 1. The van der Waals surface area contributed by atoms with Crippen molar-refractivity contribution in [2.45, 2.75) is 25.9 Å². The summed E-state index contributed by atoms with van der Waals surface area (Å²) >= 11 is 6.57. The number of hydrogen-bond donors (Lipinski definition) is 3. The lowest BCUT2D eigenvalue weighted by molar-refractivity contribution is 0.000359. The Hall–Kier alpha value is -2.62. The summed E-state index contributed by atoms with van der Waals surface area (Å²) < 4.78 is 11.8. The van der Waals surface area contributed by atoms with Crippen molar-refractivity contribution in [3.05, 3.63) is 35.2 Å². The van der Waals surface area contributed by atoms with Gasteiger partial charge in [0.1, 0.15) is 18.5 Å². The van der Waals surface area contributed by atoms with Gasteiger partial charge in [-0.25, -0.2) is 9.78 Å². The second-order valence-electron chi connectivity index (χ2n) is 7.62. The summed E-state index contributed by atoms with van der Waals surface area (Å²) in [4.78, 5) is 23.1. The molecule has 1 aromatic heterocycles. The molecule has 2 amide bonds. The fourth-order valence-corrected chi connectivity index (χ4v) is 3.88. The van der Waals surface area contributed by atoms with E-state index in [4.69, 9.17) is 21.1 Å². The molecule has 3 heterocycles. The lowest BCUT2D eigenvalue weighted by Crippen LogP contribution is -2.41. The number of aryl methyl sites for hydroxylation is 1. The molecule has 1 unspecified atom stereocenters. The van der Waals surface area contributed by atoms with Crippen molar-refractivity contribution in [1.29, 1.82) is 0 Å². The molecule has 0 bridgehead atoms. The third kappa shape index (κ3) is 5.75. The van der Waals surface area contributed by atoms with E-state index in [0.29, 0.717) is 35.5 Å². The molecule has 9 nitrogen and oxygen atoms in total. The van der Waals surface area contributed by atoms with Crippen LogP contribution in [0.25, 0.3) is 0 Å². The molecule has 2 aliphatic rings. The molecular formula is C21H27ClN6O3. The predicted octanol–water partition coefficient (Wildman–Crippen LogP) is 3.05. The molecule has 2 fully saturated rings. The molecule has 10 heteroatoms. The first kappa shape index (κ1) is 21.6. The van der Waals surface area contributed by atoms with E-state index in [1.807, 2.05) is 13.0 Å². The number of carbonyl (C=O) groups excluding carboxylic acids is 1. The number of anilines is 3. The van der Waals surface area contributed by atoms with Crippen molar-refractivity contribution in [1.82, 2.24) is 15.3 Å². The van der Waals surface area contributed by atoms with Crippen molar-refractivity contribution in [3.8, 4) is 5.75 Å². The molecule has 2 aliphatic heterocycles. The van der Waals surface area contributed by atoms with Gasteiger partial charge in [0, 0.05) is 32.2 Å². The first-order valence-corrected chi connectivity index (χ1v) is 10.9. The van der Waals surface area contributed by atoms with Crippen molar-refractivity contribution in [3.63, 3.8) is 0 Å². The summed E-state index contributed by atoms with van der Waals surface area (Å²) in [6.07, 6.45) is 5.30. The van der Waals surface area contributed by atoms with Crippen LogP contribution in [0.5, 0.6) is 5.75 Å². The monoisotopic (exact) mass is 446 g/mol. The zero-order valence-electron chi connectivity index (χ0n) is 17.5. The smallest absolute Gasteiger partial charge is 0.325 e. The summed E-state index contributed by atoms with van der Waals surface area (Å²) in [7, 11) is 0. The summed E-state index contributed by atoms with van der Waals surface area (Å²) in [5, 5.41) is 9.34. The molecule has 2 saturated heterocycles. The van der Waals surface area contributed by atoms with Gasteiger partial charge in [0.25, 0.3) is 0 Å². The molecule has 0 radical (unpaired) electrons. The maximum atomic E-state index is 12.5. The van der Waals surface area contributed by atoms with Gasteiger partial charge in [-0.15, -0.1) is 0 Å². The second kappa shape index (κ2) is 10.1. The van der Waals surface area contributed by atoms with E-state index in [1.165, 1.54) is 6.20 Å². The van der Waals surface area contributed by atoms with E-state index in [0.717, 1.165) is 50.4 Å². The third-order valence-corrected chi connectivity index (χ3v) is 5.50. The lowest BCUT2D eigenvalue weighted by Gasteiger charge is -2.25. The van der Waals surface area contributed by atoms with Crippen molar-refractivity contribution in [2.75, 3.05) is 54.9 Å². The summed E-state index contributed by atoms with van der Waals surface area (Å²) in [5.41, 5.74) is 2.16. The first-order chi connectivity index (χ1) is 15.1. The minimum atomic E-state index is -0.455. The van der Waals surface area contributed by atoms with Crippen LogP contribution in [-0.4, -0.2) is 61.5 Å². The second-order valence-corrected chi connectivity index (χ2v) is 8.03. The highest BCUT2D eigenvalue weighted by molar-refractivity contribution is 6.33. The fraction of sp³-hybridized carbons (Fsp3) is 0.476. The number of hydrogen-bond acceptors (Lipinski definition) is 7. The zero-order chi connectivity index (χ0) is 21.6. The molecule has 166 valence electrons. The average molecular weight is 447 g/mol. The van der Waals surface area contributed by atoms with Gasteiger partial charge in [-0.2, -0.15) is 0 Å². The largest absolute Gasteiger partial charge is 0.489 e. The van der Waals surface area contributed by atoms with E-state index < -0.39 is 6.03 Å². The van der Waals surface area contributed by atoms with Gasteiger partial charge in [0.05, 0.1) is 41.1 Å². The number of urea groups is 1. The highest BCUT2D eigenvalue weighted by atomic mass is 35.5. The van der Waals surface area contributed by atoms with E-state index >= 15 is 0 Å². The van der Waals surface area contributed by atoms with E-state index in [1.54, 1.807) is 12.3 Å². The van der Waals surface area contributed by atoms with Crippen LogP contribution in [0, 0.1) is 6.92 Å². The Balaban J connectivity index is 1.51. The zero-order valence-corrected chi connectivity index (χ0v) is 18.2. The number of halogens is 1. The molecule has 0 aliphatic carbocycles. The lowest BCUT2D eigenvalue weighted by atomic mass is 10.2. The van der Waals surface area contributed by atoms with Gasteiger partial charge >= 0.3 is 6.03 Å². The van der Waals surface area contributed by atoms with E-state index in [-0.39, 0.29) is 6.10 Å². The summed E-state index contributed by atoms with van der Waals surface area (Å²) in [6, 6.07) is 3.17. The van der Waals surface area contributed by atoms with Crippen LogP contribution in [0.1, 0.15) is 18.5 Å². The SMILES string of the molecule is Cc1cnc(NC(=O)Nc2cc(Cl)c(N3CCCC3)cc2OCC2CNCCO2)cn1. The molecular weight excluding hydrogens is 420 g/mol. The van der Waals surface area contributed by atoms with Crippen LogP contribution in [0.2, 0.25) is 5.02 Å². The number of benzene rings is 1. The van der Waals surface area contributed by atoms with E-state index in [2.05, 4.69) is 30.8 Å². The van der Waals surface area contributed by atoms with Gasteiger partial charge in [-0.05, 0) is 25.8 Å². The summed E-state index contributed by atoms with van der Waals surface area (Å²) in [6.45, 7) is 6.32. The molecule has 1 aromatic carbocycles. The van der Waals surface area contributed by atoms with Crippen LogP contribution in [-0.2, 0) is 4.74 Å². The quantitative estimate of drug-likeness (QED) is 0.626. The van der Waals surface area contributed by atoms with Crippen molar-refractivity contribution >= 4 is 34.8 Å². The maximum absolute atomic E-state index is 12.5. The Morgan fingerprint density at radius 2 is 2.13 bits per heavy atom. The minimum absolute atomic E-state index is 0.0517. The van der Waals surface area contributed by atoms with Crippen LogP contribution in [0.15, 0.2) is 24.5 Å². The van der Waals surface area contributed by atoms with Crippen molar-refractivity contribution < 1.29 is 14.3 Å². The normalized spacial score (nSPS) is 18.6. The summed E-state index contributed by atoms with van der Waals surface area (Å²) in [5.74, 6) is 0.901. The van der Waals surface area contributed by atoms with Gasteiger partial charge in [0.15, 0.2) is 5.82 Å². The number of rotatable bonds is 6. The van der Waals surface area contributed by atoms with E-state index in [9.17, 15) is 4.79 Å². The Labute approximate surface area is 186 Å².